The van der Waals surface area contributed by atoms with E-state index in [1.807, 2.05) is 18.3 Å². The molecule has 12 heavy (non-hydrogen) atoms. The van der Waals surface area contributed by atoms with Crippen LogP contribution >= 0.6 is 0 Å². The summed E-state index contributed by atoms with van der Waals surface area (Å²) in [5.41, 5.74) is 0.959. The molecule has 0 fully saturated rings. The number of fused-ring (bicyclic) bond motifs is 1. The topological polar surface area (TPSA) is 25.0 Å². The van der Waals surface area contributed by atoms with Gasteiger partial charge in [-0.05, 0) is 23.6 Å². The minimum atomic E-state index is -0.786. The fourth-order valence-electron chi connectivity index (χ4n) is 1.18. The van der Waals surface area contributed by atoms with Crippen molar-refractivity contribution in [2.24, 2.45) is 0 Å². The van der Waals surface area contributed by atoms with Gasteiger partial charge in [-0.1, -0.05) is 0 Å². The summed E-state index contributed by atoms with van der Waals surface area (Å²) in [6.45, 7) is -0.786. The van der Waals surface area contributed by atoms with E-state index in [0.717, 1.165) is 10.9 Å². The molecular formula is C9H8FNO. The maximum atomic E-state index is 11.8. The van der Waals surface area contributed by atoms with Crippen molar-refractivity contribution >= 4 is 10.9 Å². The van der Waals surface area contributed by atoms with Crippen LogP contribution in [0.25, 0.3) is 10.9 Å². The van der Waals surface area contributed by atoms with Crippen LogP contribution in [0.3, 0.4) is 0 Å². The molecule has 0 spiro atoms. The maximum Gasteiger partial charge on any atom is 0.228 e. The van der Waals surface area contributed by atoms with Gasteiger partial charge in [0.05, 0.1) is 0 Å². The number of rotatable bonds is 2. The average Bonchev–Trinajstić information content (AvgIpc) is 2.51. The Morgan fingerprint density at radius 3 is 3.08 bits per heavy atom. The zero-order valence-corrected chi connectivity index (χ0v) is 6.38. The lowest BCUT2D eigenvalue weighted by Crippen LogP contribution is -1.88. The monoisotopic (exact) mass is 165 g/mol. The molecule has 3 heteroatoms. The van der Waals surface area contributed by atoms with E-state index in [2.05, 4.69) is 4.98 Å². The van der Waals surface area contributed by atoms with Gasteiger partial charge in [-0.3, -0.25) is 0 Å². The van der Waals surface area contributed by atoms with Crippen LogP contribution in [0.15, 0.2) is 30.5 Å². The zero-order chi connectivity index (χ0) is 8.39. The summed E-state index contributed by atoms with van der Waals surface area (Å²) in [5.74, 6) is 0.549. The first kappa shape index (κ1) is 7.16. The second-order valence-corrected chi connectivity index (χ2v) is 2.48. The van der Waals surface area contributed by atoms with Crippen molar-refractivity contribution in [3.8, 4) is 5.75 Å². The second kappa shape index (κ2) is 2.85. The molecule has 1 heterocycles. The second-order valence-electron chi connectivity index (χ2n) is 2.48. The Labute approximate surface area is 69.0 Å². The van der Waals surface area contributed by atoms with Crippen molar-refractivity contribution in [1.29, 1.82) is 0 Å². The molecule has 1 aromatic carbocycles. The van der Waals surface area contributed by atoms with Gasteiger partial charge in [0, 0.05) is 17.8 Å². The smallest absolute Gasteiger partial charge is 0.228 e. The Bertz CT molecular complexity index is 383. The summed E-state index contributed by atoms with van der Waals surface area (Å²) in [4.78, 5) is 3.02. The Hall–Kier alpha value is -1.51. The minimum absolute atomic E-state index is 0.549. The summed E-state index contributed by atoms with van der Waals surface area (Å²) in [6.07, 6.45) is 1.84. The number of hydrogen-bond acceptors (Lipinski definition) is 1. The Balaban J connectivity index is 2.46. The van der Waals surface area contributed by atoms with Crippen molar-refractivity contribution in [2.45, 2.75) is 0 Å². The van der Waals surface area contributed by atoms with Crippen LogP contribution in [-0.2, 0) is 0 Å². The summed E-state index contributed by atoms with van der Waals surface area (Å²) in [5, 5.41) is 1.10. The third-order valence-corrected chi connectivity index (χ3v) is 1.75. The van der Waals surface area contributed by atoms with Crippen LogP contribution in [0.1, 0.15) is 0 Å². The van der Waals surface area contributed by atoms with E-state index in [1.54, 1.807) is 12.1 Å². The molecule has 2 aromatic rings. The molecule has 0 aliphatic heterocycles. The first-order chi connectivity index (χ1) is 5.90. The minimum Gasteiger partial charge on any atom is -0.463 e. The van der Waals surface area contributed by atoms with Crippen molar-refractivity contribution in [2.75, 3.05) is 6.86 Å². The van der Waals surface area contributed by atoms with E-state index in [-0.39, 0.29) is 0 Å². The molecule has 62 valence electrons. The molecule has 0 radical (unpaired) electrons. The fraction of sp³-hybridized carbons (Fsp3) is 0.111. The first-order valence-corrected chi connectivity index (χ1v) is 3.66. The number of nitrogens with one attached hydrogen (secondary N) is 1. The van der Waals surface area contributed by atoms with Crippen LogP contribution in [0.4, 0.5) is 4.39 Å². The molecule has 0 aliphatic carbocycles. The Morgan fingerprint density at radius 1 is 1.33 bits per heavy atom. The van der Waals surface area contributed by atoms with Gasteiger partial charge >= 0.3 is 0 Å². The van der Waals surface area contributed by atoms with Crippen molar-refractivity contribution < 1.29 is 9.13 Å². The van der Waals surface area contributed by atoms with Gasteiger partial charge in [0.25, 0.3) is 0 Å². The molecule has 0 bridgehead atoms. The molecule has 1 N–H and O–H groups in total. The highest BCUT2D eigenvalue weighted by Gasteiger charge is 1.96. The van der Waals surface area contributed by atoms with Gasteiger partial charge < -0.3 is 9.72 Å². The van der Waals surface area contributed by atoms with Gasteiger partial charge in [0.15, 0.2) is 0 Å². The molecule has 0 aliphatic rings. The van der Waals surface area contributed by atoms with Crippen molar-refractivity contribution in [3.05, 3.63) is 30.5 Å². The number of ether oxygens (including phenoxy) is 1. The predicted molar refractivity (Wildman–Crippen MR) is 44.9 cm³/mol. The number of alkyl halides is 1. The van der Waals surface area contributed by atoms with Gasteiger partial charge in [0.2, 0.25) is 6.86 Å². The van der Waals surface area contributed by atoms with Gasteiger partial charge in [-0.25, -0.2) is 4.39 Å². The molecular weight excluding hydrogens is 157 g/mol. The van der Waals surface area contributed by atoms with Crippen molar-refractivity contribution in [1.82, 2.24) is 4.98 Å². The quantitative estimate of drug-likeness (QED) is 0.726. The lowest BCUT2D eigenvalue weighted by atomic mass is 10.2. The molecule has 0 saturated carbocycles. The third-order valence-electron chi connectivity index (χ3n) is 1.75. The third kappa shape index (κ3) is 1.13. The van der Waals surface area contributed by atoms with E-state index < -0.39 is 6.86 Å². The van der Waals surface area contributed by atoms with Crippen LogP contribution < -0.4 is 4.74 Å². The molecule has 2 rings (SSSR count). The molecule has 0 amide bonds. The maximum absolute atomic E-state index is 11.8. The van der Waals surface area contributed by atoms with Gasteiger partial charge in [-0.2, -0.15) is 0 Å². The highest BCUT2D eigenvalue weighted by molar-refractivity contribution is 5.80. The predicted octanol–water partition coefficient (Wildman–Crippen LogP) is 2.47. The van der Waals surface area contributed by atoms with E-state index in [0.29, 0.717) is 5.75 Å². The number of aromatic nitrogens is 1. The van der Waals surface area contributed by atoms with E-state index >= 15 is 0 Å². The van der Waals surface area contributed by atoms with Crippen LogP contribution in [0, 0.1) is 0 Å². The summed E-state index contributed by atoms with van der Waals surface area (Å²) >= 11 is 0. The lowest BCUT2D eigenvalue weighted by molar-refractivity contribution is 0.192. The van der Waals surface area contributed by atoms with E-state index in [9.17, 15) is 4.39 Å². The molecule has 1 aromatic heterocycles. The van der Waals surface area contributed by atoms with Crippen LogP contribution in [-0.4, -0.2) is 11.8 Å². The number of halogens is 1. The normalized spacial score (nSPS) is 10.4. The Kier molecular flexibility index (Phi) is 1.70. The fourth-order valence-corrected chi connectivity index (χ4v) is 1.18. The number of aromatic amines is 1. The van der Waals surface area contributed by atoms with Gasteiger partial charge in [-0.15, -0.1) is 0 Å². The largest absolute Gasteiger partial charge is 0.463 e. The summed E-state index contributed by atoms with van der Waals surface area (Å²) in [6, 6.07) is 7.36. The number of H-pyrrole nitrogens is 1. The molecule has 0 unspecified atom stereocenters. The highest BCUT2D eigenvalue weighted by Crippen LogP contribution is 2.19. The standard InChI is InChI=1S/C9H8FNO/c10-6-12-8-2-1-7-3-4-11-9(7)5-8/h1-5,11H,6H2. The number of hydrogen-bond donors (Lipinski definition) is 1. The van der Waals surface area contributed by atoms with Gasteiger partial charge in [0.1, 0.15) is 5.75 Å². The lowest BCUT2D eigenvalue weighted by Gasteiger charge is -1.99. The average molecular weight is 165 g/mol. The number of benzene rings is 1. The zero-order valence-electron chi connectivity index (χ0n) is 6.38. The summed E-state index contributed by atoms with van der Waals surface area (Å²) in [7, 11) is 0. The SMILES string of the molecule is FCOc1ccc2cc[nH]c2c1. The van der Waals surface area contributed by atoms with Crippen LogP contribution in [0.2, 0.25) is 0 Å². The van der Waals surface area contributed by atoms with E-state index in [4.69, 9.17) is 4.74 Å². The molecule has 2 nitrogen and oxygen atoms in total. The van der Waals surface area contributed by atoms with Crippen molar-refractivity contribution in [3.63, 3.8) is 0 Å². The van der Waals surface area contributed by atoms with Crippen LogP contribution in [0.5, 0.6) is 5.75 Å². The van der Waals surface area contributed by atoms with E-state index in [1.165, 1.54) is 0 Å². The Morgan fingerprint density at radius 2 is 2.25 bits per heavy atom. The summed E-state index contributed by atoms with van der Waals surface area (Å²) < 4.78 is 16.5. The highest BCUT2D eigenvalue weighted by atomic mass is 19.1. The molecule has 0 atom stereocenters. The molecule has 0 saturated heterocycles. The first-order valence-electron chi connectivity index (χ1n) is 3.66.